The van der Waals surface area contributed by atoms with E-state index < -0.39 is 12.1 Å². The van der Waals surface area contributed by atoms with E-state index in [4.69, 9.17) is 10.5 Å². The molecule has 1 rings (SSSR count). The number of hydrogen-bond donors (Lipinski definition) is 3. The maximum Gasteiger partial charge on any atom is 0.312 e. The number of hydrogen-bond acceptors (Lipinski definition) is 4. The van der Waals surface area contributed by atoms with Crippen LogP contribution in [0.3, 0.4) is 0 Å². The van der Waals surface area contributed by atoms with Crippen LogP contribution in [0.15, 0.2) is 24.3 Å². The van der Waals surface area contributed by atoms with Crippen molar-refractivity contribution in [1.29, 1.82) is 0 Å². The smallest absolute Gasteiger partial charge is 0.312 e. The Bertz CT molecular complexity index is 465. The predicted octanol–water partition coefficient (Wildman–Crippen LogP) is 1.81. The van der Waals surface area contributed by atoms with Crippen molar-refractivity contribution in [3.8, 4) is 5.75 Å². The second kappa shape index (κ2) is 9.12. The molecule has 0 heterocycles. The van der Waals surface area contributed by atoms with E-state index in [1.165, 1.54) is 0 Å². The van der Waals surface area contributed by atoms with Crippen molar-refractivity contribution >= 4 is 29.4 Å². The minimum atomic E-state index is -0.706. The van der Waals surface area contributed by atoms with Gasteiger partial charge in [0.05, 0.1) is 6.61 Å². The standard InChI is InChI=1S/C14H21N3O3S/c1-3-20-11-6-4-10(5-7-11)16-13(18)12(8-9-21-2)17-14(15)19/h4-7,12H,3,8-9H2,1-2H3,(H,16,18)(H3,15,17,19)/t12-/m1/s1. The molecule has 7 heteroatoms. The fourth-order valence-electron chi connectivity index (χ4n) is 1.71. The van der Waals surface area contributed by atoms with Gasteiger partial charge in [-0.25, -0.2) is 4.79 Å². The molecule has 21 heavy (non-hydrogen) atoms. The van der Waals surface area contributed by atoms with Gasteiger partial charge in [-0.05, 0) is 49.6 Å². The number of anilines is 1. The van der Waals surface area contributed by atoms with Gasteiger partial charge in [0.25, 0.3) is 0 Å². The summed E-state index contributed by atoms with van der Waals surface area (Å²) in [6.45, 7) is 2.49. The molecule has 0 aromatic heterocycles. The third kappa shape index (κ3) is 6.40. The number of urea groups is 1. The normalized spacial score (nSPS) is 11.5. The highest BCUT2D eigenvalue weighted by atomic mass is 32.2. The number of amides is 3. The van der Waals surface area contributed by atoms with Crippen molar-refractivity contribution in [1.82, 2.24) is 5.32 Å². The van der Waals surface area contributed by atoms with Gasteiger partial charge >= 0.3 is 6.03 Å². The molecule has 0 aliphatic heterocycles. The molecule has 6 nitrogen and oxygen atoms in total. The summed E-state index contributed by atoms with van der Waals surface area (Å²) in [6, 6.07) is 5.71. The molecule has 0 saturated heterocycles. The van der Waals surface area contributed by atoms with E-state index in [1.54, 1.807) is 36.0 Å². The molecule has 4 N–H and O–H groups in total. The maximum absolute atomic E-state index is 12.1. The van der Waals surface area contributed by atoms with E-state index in [0.29, 0.717) is 18.7 Å². The lowest BCUT2D eigenvalue weighted by atomic mass is 10.2. The SMILES string of the molecule is CCOc1ccc(NC(=O)[C@@H](CCSC)NC(N)=O)cc1. The van der Waals surface area contributed by atoms with Crippen molar-refractivity contribution in [2.24, 2.45) is 5.73 Å². The van der Waals surface area contributed by atoms with Gasteiger partial charge in [-0.3, -0.25) is 4.79 Å². The van der Waals surface area contributed by atoms with E-state index in [0.717, 1.165) is 11.5 Å². The monoisotopic (exact) mass is 311 g/mol. The van der Waals surface area contributed by atoms with Crippen LogP contribution in [0, 0.1) is 0 Å². The van der Waals surface area contributed by atoms with Crippen molar-refractivity contribution < 1.29 is 14.3 Å². The molecule has 0 unspecified atom stereocenters. The van der Waals surface area contributed by atoms with Crippen LogP contribution in [0.1, 0.15) is 13.3 Å². The first kappa shape index (κ1) is 17.2. The number of carbonyl (C=O) groups excluding carboxylic acids is 2. The number of thioether (sulfide) groups is 1. The van der Waals surface area contributed by atoms with Crippen LogP contribution in [0.25, 0.3) is 0 Å². The Morgan fingerprint density at radius 3 is 2.52 bits per heavy atom. The van der Waals surface area contributed by atoms with E-state index in [2.05, 4.69) is 10.6 Å². The minimum absolute atomic E-state index is 0.285. The quantitative estimate of drug-likeness (QED) is 0.682. The second-order valence-electron chi connectivity index (χ2n) is 4.29. The molecule has 0 fully saturated rings. The molecule has 116 valence electrons. The molecule has 0 aliphatic carbocycles. The Hall–Kier alpha value is -1.89. The first-order valence-corrected chi connectivity index (χ1v) is 8.04. The molecule has 1 aromatic rings. The Labute approximate surface area is 128 Å². The molecule has 0 spiro atoms. The van der Waals surface area contributed by atoms with Crippen LogP contribution in [-0.2, 0) is 4.79 Å². The topological polar surface area (TPSA) is 93.4 Å². The lowest BCUT2D eigenvalue weighted by Crippen LogP contribution is -2.46. The average molecular weight is 311 g/mol. The molecule has 3 amide bonds. The molecule has 0 radical (unpaired) electrons. The second-order valence-corrected chi connectivity index (χ2v) is 5.27. The number of nitrogens with two attached hydrogens (primary N) is 1. The molecular weight excluding hydrogens is 290 g/mol. The van der Waals surface area contributed by atoms with Crippen LogP contribution >= 0.6 is 11.8 Å². The number of primary amides is 1. The van der Waals surface area contributed by atoms with Crippen LogP contribution in [0.2, 0.25) is 0 Å². The number of carbonyl (C=O) groups is 2. The van der Waals surface area contributed by atoms with Crippen molar-refractivity contribution in [3.63, 3.8) is 0 Å². The Morgan fingerprint density at radius 1 is 1.33 bits per heavy atom. The third-order valence-electron chi connectivity index (χ3n) is 2.68. The van der Waals surface area contributed by atoms with Crippen LogP contribution in [0.4, 0.5) is 10.5 Å². The Kier molecular flexibility index (Phi) is 7.45. The number of rotatable bonds is 8. The first-order chi connectivity index (χ1) is 10.1. The van der Waals surface area contributed by atoms with Gasteiger partial charge in [0.15, 0.2) is 0 Å². The van der Waals surface area contributed by atoms with E-state index >= 15 is 0 Å². The zero-order valence-electron chi connectivity index (χ0n) is 12.2. The van der Waals surface area contributed by atoms with Crippen LogP contribution < -0.4 is 21.1 Å². The summed E-state index contributed by atoms with van der Waals surface area (Å²) >= 11 is 1.60. The summed E-state index contributed by atoms with van der Waals surface area (Å²) < 4.78 is 5.33. The molecular formula is C14H21N3O3S. The predicted molar refractivity (Wildman–Crippen MR) is 85.7 cm³/mol. The van der Waals surface area contributed by atoms with Gasteiger partial charge in [0, 0.05) is 5.69 Å². The molecule has 1 atom stereocenters. The van der Waals surface area contributed by atoms with E-state index in [1.807, 2.05) is 13.2 Å². The van der Waals surface area contributed by atoms with Crippen LogP contribution in [0.5, 0.6) is 5.75 Å². The summed E-state index contributed by atoms with van der Waals surface area (Å²) in [5.74, 6) is 1.21. The highest BCUT2D eigenvalue weighted by molar-refractivity contribution is 7.98. The average Bonchev–Trinajstić information content (AvgIpc) is 2.45. The molecule has 1 aromatic carbocycles. The maximum atomic E-state index is 12.1. The van der Waals surface area contributed by atoms with Crippen molar-refractivity contribution in [2.45, 2.75) is 19.4 Å². The summed E-state index contributed by atoms with van der Waals surface area (Å²) in [6.07, 6.45) is 2.46. The zero-order valence-corrected chi connectivity index (χ0v) is 13.0. The van der Waals surface area contributed by atoms with E-state index in [9.17, 15) is 9.59 Å². The van der Waals surface area contributed by atoms with Crippen LogP contribution in [-0.4, -0.2) is 36.6 Å². The van der Waals surface area contributed by atoms with Gasteiger partial charge in [0.2, 0.25) is 5.91 Å². The fourth-order valence-corrected chi connectivity index (χ4v) is 2.18. The number of nitrogens with one attached hydrogen (secondary N) is 2. The molecule has 0 saturated carbocycles. The largest absolute Gasteiger partial charge is 0.494 e. The molecule has 0 bridgehead atoms. The van der Waals surface area contributed by atoms with E-state index in [-0.39, 0.29) is 5.91 Å². The first-order valence-electron chi connectivity index (χ1n) is 6.65. The Morgan fingerprint density at radius 2 is 2.00 bits per heavy atom. The third-order valence-corrected chi connectivity index (χ3v) is 3.32. The fraction of sp³-hybridized carbons (Fsp3) is 0.429. The van der Waals surface area contributed by atoms with Crippen molar-refractivity contribution in [3.05, 3.63) is 24.3 Å². The number of benzene rings is 1. The van der Waals surface area contributed by atoms with Gasteiger partial charge < -0.3 is 21.1 Å². The lowest BCUT2D eigenvalue weighted by Gasteiger charge is -2.17. The summed E-state index contributed by atoms with van der Waals surface area (Å²) in [7, 11) is 0. The van der Waals surface area contributed by atoms with Crippen molar-refractivity contribution in [2.75, 3.05) is 23.9 Å². The highest BCUT2D eigenvalue weighted by Gasteiger charge is 2.19. The summed E-state index contributed by atoms with van der Waals surface area (Å²) in [4.78, 5) is 23.1. The minimum Gasteiger partial charge on any atom is -0.494 e. The number of ether oxygens (including phenoxy) is 1. The van der Waals surface area contributed by atoms with Gasteiger partial charge in [-0.1, -0.05) is 0 Å². The van der Waals surface area contributed by atoms with Gasteiger partial charge in [-0.15, -0.1) is 0 Å². The van der Waals surface area contributed by atoms with Gasteiger partial charge in [0.1, 0.15) is 11.8 Å². The lowest BCUT2D eigenvalue weighted by molar-refractivity contribution is -0.117. The summed E-state index contributed by atoms with van der Waals surface area (Å²) in [5, 5.41) is 5.21. The Balaban J connectivity index is 2.64. The zero-order chi connectivity index (χ0) is 15.7. The van der Waals surface area contributed by atoms with Gasteiger partial charge in [-0.2, -0.15) is 11.8 Å². The highest BCUT2D eigenvalue weighted by Crippen LogP contribution is 2.16. The summed E-state index contributed by atoms with van der Waals surface area (Å²) in [5.41, 5.74) is 5.74. The molecule has 0 aliphatic rings.